The Hall–Kier alpha value is -2.68. The van der Waals surface area contributed by atoms with Crippen molar-refractivity contribution in [1.29, 1.82) is 0 Å². The van der Waals surface area contributed by atoms with Gasteiger partial charge in [0.1, 0.15) is 0 Å². The molecule has 0 N–H and O–H groups in total. The van der Waals surface area contributed by atoms with E-state index in [4.69, 9.17) is 0 Å². The Kier molecular flexibility index (Phi) is 3.17. The molecule has 20 heavy (non-hydrogen) atoms. The fraction of sp³-hybridized carbons (Fsp3) is 0.0588. The summed E-state index contributed by atoms with van der Waals surface area (Å²) >= 11 is 0. The van der Waals surface area contributed by atoms with Gasteiger partial charge in [0.05, 0.1) is 5.69 Å². The number of aryl methyl sites for hydroxylation is 1. The maximum absolute atomic E-state index is 12.3. The van der Waals surface area contributed by atoms with Crippen molar-refractivity contribution in [3.05, 3.63) is 78.0 Å². The molecule has 0 saturated heterocycles. The molecule has 3 nitrogen and oxygen atoms in total. The Morgan fingerprint density at radius 3 is 2.15 bits per heavy atom. The van der Waals surface area contributed by atoms with E-state index in [1.807, 2.05) is 72.4 Å². The Balaban J connectivity index is 1.91. The number of ketones is 1. The van der Waals surface area contributed by atoms with Gasteiger partial charge in [0.25, 0.3) is 0 Å². The SMILES string of the molecule is Cn1nccc1-c1ccc(C(=O)c2ccccc2)cc1. The molecule has 3 aromatic rings. The Bertz CT molecular complexity index is 727. The molecule has 0 spiro atoms. The normalized spacial score (nSPS) is 10.4. The quantitative estimate of drug-likeness (QED) is 0.679. The van der Waals surface area contributed by atoms with Crippen LogP contribution in [0.25, 0.3) is 11.3 Å². The largest absolute Gasteiger partial charge is 0.289 e. The highest BCUT2D eigenvalue weighted by atomic mass is 16.1. The first-order valence-electron chi connectivity index (χ1n) is 6.44. The summed E-state index contributed by atoms with van der Waals surface area (Å²) in [6.45, 7) is 0. The van der Waals surface area contributed by atoms with Gasteiger partial charge in [0.2, 0.25) is 0 Å². The summed E-state index contributed by atoms with van der Waals surface area (Å²) < 4.78 is 1.81. The fourth-order valence-corrected chi connectivity index (χ4v) is 2.21. The highest BCUT2D eigenvalue weighted by molar-refractivity contribution is 6.09. The van der Waals surface area contributed by atoms with Crippen molar-refractivity contribution in [3.63, 3.8) is 0 Å². The third-order valence-electron chi connectivity index (χ3n) is 3.30. The van der Waals surface area contributed by atoms with Gasteiger partial charge < -0.3 is 0 Å². The van der Waals surface area contributed by atoms with Gasteiger partial charge in [-0.1, -0.05) is 54.6 Å². The second-order valence-corrected chi connectivity index (χ2v) is 4.61. The van der Waals surface area contributed by atoms with Crippen LogP contribution in [0.2, 0.25) is 0 Å². The Labute approximate surface area is 117 Å². The average Bonchev–Trinajstić information content (AvgIpc) is 2.94. The van der Waals surface area contributed by atoms with Gasteiger partial charge in [-0.3, -0.25) is 9.48 Å². The standard InChI is InChI=1S/C17H14N2O/c1-19-16(11-12-18-19)13-7-9-15(10-8-13)17(20)14-5-3-2-4-6-14/h2-12H,1H3. The van der Waals surface area contributed by atoms with Crippen LogP contribution in [-0.4, -0.2) is 15.6 Å². The molecule has 1 aromatic heterocycles. The lowest BCUT2D eigenvalue weighted by atomic mass is 10.0. The third-order valence-corrected chi connectivity index (χ3v) is 3.30. The highest BCUT2D eigenvalue weighted by Crippen LogP contribution is 2.19. The Morgan fingerprint density at radius 1 is 0.900 bits per heavy atom. The fourth-order valence-electron chi connectivity index (χ4n) is 2.21. The van der Waals surface area contributed by atoms with Crippen molar-refractivity contribution >= 4 is 5.78 Å². The molecule has 3 heteroatoms. The number of hydrogen-bond acceptors (Lipinski definition) is 2. The second kappa shape index (κ2) is 5.13. The molecule has 0 aliphatic heterocycles. The summed E-state index contributed by atoms with van der Waals surface area (Å²) in [5, 5.41) is 4.15. The maximum atomic E-state index is 12.3. The number of benzene rings is 2. The molecule has 0 atom stereocenters. The van der Waals surface area contributed by atoms with Crippen LogP contribution < -0.4 is 0 Å². The molecule has 0 aliphatic rings. The maximum Gasteiger partial charge on any atom is 0.193 e. The van der Waals surface area contributed by atoms with E-state index < -0.39 is 0 Å². The van der Waals surface area contributed by atoms with Crippen LogP contribution in [0, 0.1) is 0 Å². The lowest BCUT2D eigenvalue weighted by Crippen LogP contribution is -2.01. The smallest absolute Gasteiger partial charge is 0.193 e. The number of aromatic nitrogens is 2. The van der Waals surface area contributed by atoms with E-state index in [0.717, 1.165) is 11.3 Å². The van der Waals surface area contributed by atoms with E-state index in [-0.39, 0.29) is 5.78 Å². The van der Waals surface area contributed by atoms with Crippen LogP contribution in [0.3, 0.4) is 0 Å². The van der Waals surface area contributed by atoms with Crippen molar-refractivity contribution in [3.8, 4) is 11.3 Å². The summed E-state index contributed by atoms with van der Waals surface area (Å²) in [7, 11) is 1.90. The second-order valence-electron chi connectivity index (χ2n) is 4.61. The molecule has 2 aromatic carbocycles. The molecule has 1 heterocycles. The van der Waals surface area contributed by atoms with Crippen LogP contribution in [-0.2, 0) is 7.05 Å². The zero-order valence-corrected chi connectivity index (χ0v) is 11.2. The van der Waals surface area contributed by atoms with Gasteiger partial charge in [0, 0.05) is 24.4 Å². The predicted molar refractivity (Wildman–Crippen MR) is 78.5 cm³/mol. The monoisotopic (exact) mass is 262 g/mol. The van der Waals surface area contributed by atoms with Crippen molar-refractivity contribution < 1.29 is 4.79 Å². The Morgan fingerprint density at radius 2 is 1.55 bits per heavy atom. The lowest BCUT2D eigenvalue weighted by Gasteiger charge is -2.04. The molecule has 0 aliphatic carbocycles. The van der Waals surface area contributed by atoms with Gasteiger partial charge >= 0.3 is 0 Å². The minimum Gasteiger partial charge on any atom is -0.289 e. The number of hydrogen-bond donors (Lipinski definition) is 0. The first kappa shape index (κ1) is 12.4. The molecular weight excluding hydrogens is 248 g/mol. The van der Waals surface area contributed by atoms with Gasteiger partial charge in [-0.05, 0) is 11.6 Å². The summed E-state index contributed by atoms with van der Waals surface area (Å²) in [4.78, 5) is 12.3. The van der Waals surface area contributed by atoms with Gasteiger partial charge in [-0.15, -0.1) is 0 Å². The van der Waals surface area contributed by atoms with E-state index in [0.29, 0.717) is 11.1 Å². The number of carbonyl (C=O) groups is 1. The first-order valence-corrected chi connectivity index (χ1v) is 6.44. The van der Waals surface area contributed by atoms with Crippen molar-refractivity contribution in [2.45, 2.75) is 0 Å². The zero-order chi connectivity index (χ0) is 13.9. The highest BCUT2D eigenvalue weighted by Gasteiger charge is 2.09. The van der Waals surface area contributed by atoms with Crippen LogP contribution in [0.5, 0.6) is 0 Å². The van der Waals surface area contributed by atoms with E-state index in [1.165, 1.54) is 0 Å². The molecule has 3 rings (SSSR count). The minimum atomic E-state index is 0.0437. The van der Waals surface area contributed by atoms with Crippen molar-refractivity contribution in [2.24, 2.45) is 7.05 Å². The van der Waals surface area contributed by atoms with Gasteiger partial charge in [-0.25, -0.2) is 0 Å². The molecule has 0 unspecified atom stereocenters. The molecule has 0 bridgehead atoms. The minimum absolute atomic E-state index is 0.0437. The number of rotatable bonds is 3. The first-order chi connectivity index (χ1) is 9.75. The molecule has 0 radical (unpaired) electrons. The topological polar surface area (TPSA) is 34.9 Å². The van der Waals surface area contributed by atoms with Gasteiger partial charge in [-0.2, -0.15) is 5.10 Å². The molecule has 0 amide bonds. The van der Waals surface area contributed by atoms with E-state index >= 15 is 0 Å². The van der Waals surface area contributed by atoms with Crippen LogP contribution in [0.15, 0.2) is 66.9 Å². The van der Waals surface area contributed by atoms with E-state index in [1.54, 1.807) is 6.20 Å². The molecular formula is C17H14N2O. The van der Waals surface area contributed by atoms with Crippen LogP contribution in [0.1, 0.15) is 15.9 Å². The zero-order valence-electron chi connectivity index (χ0n) is 11.2. The third kappa shape index (κ3) is 2.26. The number of nitrogens with zero attached hydrogens (tertiary/aromatic N) is 2. The summed E-state index contributed by atoms with van der Waals surface area (Å²) in [5.74, 6) is 0.0437. The average molecular weight is 262 g/mol. The lowest BCUT2D eigenvalue weighted by molar-refractivity contribution is 0.103. The molecule has 0 saturated carbocycles. The van der Waals surface area contributed by atoms with Crippen molar-refractivity contribution in [1.82, 2.24) is 9.78 Å². The van der Waals surface area contributed by atoms with Crippen molar-refractivity contribution in [2.75, 3.05) is 0 Å². The molecule has 0 fully saturated rings. The van der Waals surface area contributed by atoms with E-state index in [2.05, 4.69) is 5.10 Å². The molecule has 98 valence electrons. The van der Waals surface area contributed by atoms with Crippen LogP contribution >= 0.6 is 0 Å². The number of carbonyl (C=O) groups excluding carboxylic acids is 1. The summed E-state index contributed by atoms with van der Waals surface area (Å²) in [6, 6.07) is 18.9. The van der Waals surface area contributed by atoms with Gasteiger partial charge in [0.15, 0.2) is 5.78 Å². The van der Waals surface area contributed by atoms with Crippen LogP contribution in [0.4, 0.5) is 0 Å². The predicted octanol–water partition coefficient (Wildman–Crippen LogP) is 3.32. The summed E-state index contributed by atoms with van der Waals surface area (Å²) in [6.07, 6.45) is 1.76. The summed E-state index contributed by atoms with van der Waals surface area (Å²) in [5.41, 5.74) is 3.49. The van der Waals surface area contributed by atoms with E-state index in [9.17, 15) is 4.79 Å².